The van der Waals surface area contributed by atoms with E-state index in [1.807, 2.05) is 18.2 Å². The van der Waals surface area contributed by atoms with Gasteiger partial charge in [-0.05, 0) is 31.9 Å². The molecular weight excluding hydrogens is 614 g/mol. The zero-order valence-corrected chi connectivity index (χ0v) is 25.5. The molecule has 1 aromatic carbocycles. The van der Waals surface area contributed by atoms with Crippen molar-refractivity contribution in [3.63, 3.8) is 0 Å². The Kier molecular flexibility index (Phi) is 10.1. The van der Waals surface area contributed by atoms with Gasteiger partial charge in [0.2, 0.25) is 6.61 Å². The molecule has 2 atom stereocenters. The Morgan fingerprint density at radius 2 is 1.95 bits per heavy atom. The molecule has 16 heteroatoms. The molecular formula is C28H29N5O9S2. The van der Waals surface area contributed by atoms with E-state index in [1.54, 1.807) is 32.9 Å². The summed E-state index contributed by atoms with van der Waals surface area (Å²) in [5, 5.41) is 19.3. The number of rotatable bonds is 11. The molecule has 2 aromatic rings. The number of carbonyl (C=O) groups excluding carboxylic acids is 4. The lowest BCUT2D eigenvalue weighted by Gasteiger charge is -2.49. The van der Waals surface area contributed by atoms with Crippen LogP contribution in [-0.2, 0) is 40.1 Å². The highest BCUT2D eigenvalue weighted by Crippen LogP contribution is 2.40. The van der Waals surface area contributed by atoms with Crippen molar-refractivity contribution in [2.75, 3.05) is 17.7 Å². The van der Waals surface area contributed by atoms with E-state index in [-0.39, 0.29) is 28.9 Å². The molecule has 0 radical (unpaired) electrons. The van der Waals surface area contributed by atoms with E-state index < -0.39 is 59.2 Å². The topological polar surface area (TPSA) is 186 Å². The summed E-state index contributed by atoms with van der Waals surface area (Å²) in [6.07, 6.45) is 0.596. The van der Waals surface area contributed by atoms with Gasteiger partial charge in [0.25, 0.3) is 11.8 Å². The molecule has 3 heterocycles. The fraction of sp³-hybridized carbons (Fsp3) is 0.321. The first-order chi connectivity index (χ1) is 20.9. The fourth-order valence-electron chi connectivity index (χ4n) is 4.02. The van der Waals surface area contributed by atoms with Gasteiger partial charge in [-0.1, -0.05) is 48.1 Å². The van der Waals surface area contributed by atoms with Gasteiger partial charge in [-0.25, -0.2) is 19.4 Å². The van der Waals surface area contributed by atoms with Crippen molar-refractivity contribution >= 4 is 63.8 Å². The van der Waals surface area contributed by atoms with Crippen LogP contribution in [0.25, 0.3) is 0 Å². The number of nitrogens with one attached hydrogen (secondary N) is 2. The lowest BCUT2D eigenvalue weighted by Crippen LogP contribution is -2.71. The lowest BCUT2D eigenvalue weighted by molar-refractivity contribution is -0.160. The second-order valence-electron chi connectivity index (χ2n) is 10.3. The number of hydrogen-bond donors (Lipinski definition) is 3. The van der Waals surface area contributed by atoms with Crippen molar-refractivity contribution < 1.29 is 43.4 Å². The van der Waals surface area contributed by atoms with Crippen LogP contribution in [-0.4, -0.2) is 79.9 Å². The predicted octanol–water partition coefficient (Wildman–Crippen LogP) is 2.88. The number of β-lactam (4-membered cyclic amide) rings is 1. The average molecular weight is 644 g/mol. The monoisotopic (exact) mass is 643 g/mol. The van der Waals surface area contributed by atoms with Crippen molar-refractivity contribution in [3.05, 3.63) is 70.9 Å². The first-order valence-corrected chi connectivity index (χ1v) is 15.0. The minimum Gasteiger partial charge on any atom is -0.477 e. The molecule has 0 saturated carbocycles. The van der Waals surface area contributed by atoms with E-state index in [9.17, 15) is 29.1 Å². The van der Waals surface area contributed by atoms with Gasteiger partial charge in [-0.15, -0.1) is 23.1 Å². The van der Waals surface area contributed by atoms with Crippen molar-refractivity contribution in [1.82, 2.24) is 15.2 Å². The van der Waals surface area contributed by atoms with E-state index in [1.165, 1.54) is 23.2 Å². The molecule has 14 nitrogen and oxygen atoms in total. The molecule has 44 heavy (non-hydrogen) atoms. The Labute approximate surface area is 260 Å². The summed E-state index contributed by atoms with van der Waals surface area (Å²) in [5.41, 5.74) is -0.235. The van der Waals surface area contributed by atoms with Crippen LogP contribution in [0, 0.1) is 0 Å². The number of carbonyl (C=O) groups is 5. The SMILES string of the molecule is C=CC1=C(C(=O)O)N2C(=O)[C@@H](NC(=O)/C(=N\OCC(=O)OC(C)(C)C)c3csc(NC(=O)OCc4ccccc4)n3)[C@H]2SC1. The predicted molar refractivity (Wildman–Crippen MR) is 161 cm³/mol. The number of amides is 3. The molecule has 0 aliphatic carbocycles. The maximum Gasteiger partial charge on any atom is 0.413 e. The third-order valence-electron chi connectivity index (χ3n) is 5.88. The minimum atomic E-state index is -1.29. The van der Waals surface area contributed by atoms with Gasteiger partial charge < -0.3 is 24.7 Å². The number of carboxylic acids is 1. The van der Waals surface area contributed by atoms with E-state index >= 15 is 0 Å². The number of oxime groups is 1. The van der Waals surface area contributed by atoms with Crippen molar-refractivity contribution in [2.45, 2.75) is 44.4 Å². The number of aromatic nitrogens is 1. The minimum absolute atomic E-state index is 0.0250. The normalized spacial score (nSPS) is 18.0. The number of thioether (sulfide) groups is 1. The lowest BCUT2D eigenvalue weighted by atomic mass is 10.0. The molecule has 2 aliphatic heterocycles. The number of nitrogens with zero attached hydrogens (tertiary/aromatic N) is 3. The van der Waals surface area contributed by atoms with Crippen LogP contribution < -0.4 is 10.6 Å². The Morgan fingerprint density at radius 3 is 2.61 bits per heavy atom. The molecule has 2 aliphatic rings. The maximum atomic E-state index is 13.4. The quantitative estimate of drug-likeness (QED) is 0.142. The van der Waals surface area contributed by atoms with Gasteiger partial charge in [0.05, 0.1) is 0 Å². The van der Waals surface area contributed by atoms with Gasteiger partial charge in [-0.3, -0.25) is 19.8 Å². The summed E-state index contributed by atoms with van der Waals surface area (Å²) < 4.78 is 10.4. The van der Waals surface area contributed by atoms with E-state index in [4.69, 9.17) is 14.3 Å². The number of anilines is 1. The number of esters is 1. The third kappa shape index (κ3) is 7.82. The van der Waals surface area contributed by atoms with Crippen LogP contribution in [0.4, 0.5) is 9.93 Å². The Balaban J connectivity index is 1.48. The van der Waals surface area contributed by atoms with E-state index in [0.717, 1.165) is 21.8 Å². The summed E-state index contributed by atoms with van der Waals surface area (Å²) in [6, 6.07) is 7.96. The van der Waals surface area contributed by atoms with Crippen LogP contribution in [0.3, 0.4) is 0 Å². The summed E-state index contributed by atoms with van der Waals surface area (Å²) >= 11 is 2.23. The number of benzene rings is 1. The van der Waals surface area contributed by atoms with E-state index in [0.29, 0.717) is 5.57 Å². The summed E-state index contributed by atoms with van der Waals surface area (Å²) in [4.78, 5) is 73.0. The first-order valence-electron chi connectivity index (χ1n) is 13.1. The zero-order chi connectivity index (χ0) is 32.0. The number of aliphatic carboxylic acids is 1. The molecule has 1 fully saturated rings. The Bertz CT molecular complexity index is 1530. The molecule has 1 saturated heterocycles. The Morgan fingerprint density at radius 1 is 1.23 bits per heavy atom. The molecule has 1 aromatic heterocycles. The standard InChI is InChI=1S/C28H29N5O9S2/c1-5-16-13-43-24-20(23(36)33(24)21(16)25(37)38)30-22(35)19(32-41-12-18(34)42-28(2,3)4)17-14-44-26(29-17)31-27(39)40-11-15-9-7-6-8-10-15/h5-10,14,20,24H,1,11-13H2,2-4H3,(H,30,35)(H,37,38)(H,29,31,39)/b32-19-/t20-,24-/m1/s1. The van der Waals surface area contributed by atoms with Crippen LogP contribution >= 0.6 is 23.1 Å². The van der Waals surface area contributed by atoms with Crippen LogP contribution in [0.1, 0.15) is 32.0 Å². The third-order valence-corrected chi connectivity index (χ3v) is 7.94. The van der Waals surface area contributed by atoms with Gasteiger partial charge in [-0.2, -0.15) is 0 Å². The molecule has 0 bridgehead atoms. The number of fused-ring (bicyclic) bond motifs is 1. The zero-order valence-electron chi connectivity index (χ0n) is 23.9. The first kappa shape index (κ1) is 32.2. The molecule has 232 valence electrons. The summed E-state index contributed by atoms with van der Waals surface area (Å²) in [7, 11) is 0. The van der Waals surface area contributed by atoms with E-state index in [2.05, 4.69) is 27.4 Å². The summed E-state index contributed by atoms with van der Waals surface area (Å²) in [5.74, 6) is -3.27. The highest BCUT2D eigenvalue weighted by Gasteiger charge is 2.54. The highest BCUT2D eigenvalue weighted by atomic mass is 32.2. The number of hydrogen-bond acceptors (Lipinski definition) is 12. The van der Waals surface area contributed by atoms with Gasteiger partial charge in [0, 0.05) is 11.1 Å². The Hall–Kier alpha value is -4.70. The smallest absolute Gasteiger partial charge is 0.413 e. The van der Waals surface area contributed by atoms with Crippen molar-refractivity contribution in [2.24, 2.45) is 5.16 Å². The molecule has 0 unspecified atom stereocenters. The van der Waals surface area contributed by atoms with Gasteiger partial charge in [0.15, 0.2) is 10.8 Å². The highest BCUT2D eigenvalue weighted by molar-refractivity contribution is 8.00. The van der Waals surface area contributed by atoms with Gasteiger partial charge in [0.1, 0.15) is 35.0 Å². The second-order valence-corrected chi connectivity index (χ2v) is 12.2. The van der Waals surface area contributed by atoms with Crippen LogP contribution in [0.5, 0.6) is 0 Å². The van der Waals surface area contributed by atoms with Crippen molar-refractivity contribution in [3.8, 4) is 0 Å². The van der Waals surface area contributed by atoms with Gasteiger partial charge >= 0.3 is 18.0 Å². The number of thiazole rings is 1. The van der Waals surface area contributed by atoms with Crippen LogP contribution in [0.15, 0.2) is 64.8 Å². The number of carboxylic acid groups (broad SMARTS) is 1. The van der Waals surface area contributed by atoms with Crippen LogP contribution in [0.2, 0.25) is 0 Å². The largest absolute Gasteiger partial charge is 0.477 e. The molecule has 4 rings (SSSR count). The number of allylic oxidation sites excluding steroid dienone is 1. The van der Waals surface area contributed by atoms with Crippen molar-refractivity contribution in [1.29, 1.82) is 0 Å². The molecule has 0 spiro atoms. The second kappa shape index (κ2) is 13.7. The maximum absolute atomic E-state index is 13.4. The fourth-order valence-corrected chi connectivity index (χ4v) is 6.04. The summed E-state index contributed by atoms with van der Waals surface area (Å²) in [6.45, 7) is 8.03. The average Bonchev–Trinajstić information content (AvgIpc) is 3.43. The number of ether oxygens (including phenoxy) is 2. The molecule has 3 N–H and O–H groups in total. The molecule has 3 amide bonds.